The molecule has 0 amide bonds. The minimum Gasteiger partial charge on any atom is -0.687 e. The van der Waals surface area contributed by atoms with Crippen molar-refractivity contribution in [3.05, 3.63) is 131 Å². The molecule has 0 unspecified atom stereocenters. The van der Waals surface area contributed by atoms with Gasteiger partial charge in [0.05, 0.1) is 5.69 Å². The summed E-state index contributed by atoms with van der Waals surface area (Å²) < 4.78 is 2.33. The smallest absolute Gasteiger partial charge is 0.0527 e. The number of aryl methyl sites for hydroxylation is 1. The molecule has 0 N–H and O–H groups in total. The molecular weight excluding hydrogens is 477 g/mol. The van der Waals surface area contributed by atoms with Gasteiger partial charge in [-0.1, -0.05) is 72.3 Å². The van der Waals surface area contributed by atoms with Crippen LogP contribution in [0.1, 0.15) is 22.3 Å². The number of aromatic nitrogens is 1. The minimum absolute atomic E-state index is 0. The molecule has 33 heavy (non-hydrogen) atoms. The maximum absolute atomic E-state index is 4.25. The Morgan fingerprint density at radius 1 is 0.848 bits per heavy atom. The summed E-state index contributed by atoms with van der Waals surface area (Å²) in [5.74, 6) is 0. The maximum Gasteiger partial charge on any atom is 0.0527 e. The molecule has 1 aromatic heterocycles. The van der Waals surface area contributed by atoms with Gasteiger partial charge in [-0.3, -0.25) is 0 Å². The number of fused-ring (bicyclic) bond motifs is 5. The molecule has 0 atom stereocenters. The van der Waals surface area contributed by atoms with Gasteiger partial charge in [0, 0.05) is 62.6 Å². The Balaban J connectivity index is 0.000000154. The van der Waals surface area contributed by atoms with Crippen molar-refractivity contribution < 1.29 is 32.7 Å². The molecule has 1 aliphatic rings. The summed E-state index contributed by atoms with van der Waals surface area (Å²) >= 11 is 0. The van der Waals surface area contributed by atoms with Gasteiger partial charge in [0.2, 0.25) is 0 Å². The second kappa shape index (κ2) is 10.5. The average molecular weight is 503 g/mol. The van der Waals surface area contributed by atoms with E-state index in [1.165, 1.54) is 44.4 Å². The van der Waals surface area contributed by atoms with E-state index in [1.54, 1.807) is 0 Å². The van der Waals surface area contributed by atoms with Crippen molar-refractivity contribution in [3.8, 4) is 11.3 Å². The zero-order chi connectivity index (χ0) is 21.9. The van der Waals surface area contributed by atoms with Crippen molar-refractivity contribution in [1.82, 2.24) is 4.57 Å². The van der Waals surface area contributed by atoms with E-state index in [9.17, 15) is 0 Å². The SMILES string of the molecule is C[N-]c1ccccc1Cc1[c-]cccc1.Cn1c2c(c3ccccc31)Cc1ccccc1-2.[Y]. The summed E-state index contributed by atoms with van der Waals surface area (Å²) in [5.41, 5.74) is 10.6. The van der Waals surface area contributed by atoms with Crippen LogP contribution in [0, 0.1) is 6.07 Å². The van der Waals surface area contributed by atoms with Gasteiger partial charge in [0.15, 0.2) is 0 Å². The number of para-hydroxylation sites is 2. The zero-order valence-corrected chi connectivity index (χ0v) is 22.0. The normalized spacial score (nSPS) is 11.1. The Hall–Kier alpha value is -2.68. The molecule has 6 rings (SSSR count). The van der Waals surface area contributed by atoms with E-state index >= 15 is 0 Å². The molecule has 1 heterocycles. The number of rotatable bonds is 3. The Bertz CT molecular complexity index is 1370. The zero-order valence-electron chi connectivity index (χ0n) is 19.1. The Labute approximate surface area is 221 Å². The molecule has 161 valence electrons. The van der Waals surface area contributed by atoms with Crippen LogP contribution in [0.15, 0.2) is 97.1 Å². The van der Waals surface area contributed by atoms with E-state index in [4.69, 9.17) is 0 Å². The Kier molecular flexibility index (Phi) is 7.47. The summed E-state index contributed by atoms with van der Waals surface area (Å²) in [5, 5.41) is 5.66. The van der Waals surface area contributed by atoms with E-state index < -0.39 is 0 Å². The van der Waals surface area contributed by atoms with Gasteiger partial charge in [-0.05, 0) is 23.6 Å². The molecule has 2 nitrogen and oxygen atoms in total. The third-order valence-corrected chi connectivity index (χ3v) is 6.24. The van der Waals surface area contributed by atoms with Gasteiger partial charge >= 0.3 is 0 Å². The van der Waals surface area contributed by atoms with Crippen LogP contribution in [-0.2, 0) is 52.6 Å². The molecule has 1 aliphatic carbocycles. The first-order valence-electron chi connectivity index (χ1n) is 11.0. The van der Waals surface area contributed by atoms with Crippen LogP contribution in [0.25, 0.3) is 27.5 Å². The molecule has 4 aromatic carbocycles. The summed E-state index contributed by atoms with van der Waals surface area (Å²) in [7, 11) is 4.00. The monoisotopic (exact) mass is 503 g/mol. The van der Waals surface area contributed by atoms with Crippen molar-refractivity contribution in [1.29, 1.82) is 0 Å². The van der Waals surface area contributed by atoms with Crippen molar-refractivity contribution in [2.24, 2.45) is 7.05 Å². The van der Waals surface area contributed by atoms with Crippen LogP contribution in [-0.4, -0.2) is 11.6 Å². The summed E-state index contributed by atoms with van der Waals surface area (Å²) in [4.78, 5) is 0. The van der Waals surface area contributed by atoms with Crippen LogP contribution in [0.4, 0.5) is 5.69 Å². The van der Waals surface area contributed by atoms with Crippen molar-refractivity contribution in [2.45, 2.75) is 12.8 Å². The van der Waals surface area contributed by atoms with Crippen molar-refractivity contribution in [2.75, 3.05) is 7.05 Å². The molecule has 3 heteroatoms. The van der Waals surface area contributed by atoms with E-state index in [1.807, 2.05) is 43.4 Å². The molecule has 0 saturated heterocycles. The van der Waals surface area contributed by atoms with Gasteiger partial charge in [-0.25, -0.2) is 0 Å². The topological polar surface area (TPSA) is 19.0 Å². The first kappa shape index (κ1) is 23.5. The molecule has 0 spiro atoms. The molecular formula is C30H26N2Y-2. The predicted octanol–water partition coefficient (Wildman–Crippen LogP) is 7.46. The first-order valence-corrected chi connectivity index (χ1v) is 11.0. The Morgan fingerprint density at radius 3 is 2.39 bits per heavy atom. The van der Waals surface area contributed by atoms with Gasteiger partial charge in [-0.15, -0.1) is 12.7 Å². The van der Waals surface area contributed by atoms with Gasteiger partial charge in [0.1, 0.15) is 0 Å². The van der Waals surface area contributed by atoms with Gasteiger partial charge in [-0.2, -0.15) is 35.9 Å². The molecule has 0 aliphatic heterocycles. The number of hydrogen-bond donors (Lipinski definition) is 0. The molecule has 0 bridgehead atoms. The number of nitrogens with zero attached hydrogens (tertiary/aromatic N) is 2. The summed E-state index contributed by atoms with van der Waals surface area (Å²) in [6.07, 6.45) is 1.97. The van der Waals surface area contributed by atoms with Gasteiger partial charge < -0.3 is 9.88 Å². The quantitative estimate of drug-likeness (QED) is 0.223. The molecule has 5 aromatic rings. The van der Waals surface area contributed by atoms with Gasteiger partial charge in [0.25, 0.3) is 0 Å². The Morgan fingerprint density at radius 2 is 1.58 bits per heavy atom. The molecule has 1 radical (unpaired) electrons. The number of benzene rings is 4. The van der Waals surface area contributed by atoms with E-state index in [2.05, 4.69) is 83.7 Å². The third-order valence-electron chi connectivity index (χ3n) is 6.24. The van der Waals surface area contributed by atoms with Crippen LogP contribution in [0.5, 0.6) is 0 Å². The molecule has 0 fully saturated rings. The van der Waals surface area contributed by atoms with E-state index in [-0.39, 0.29) is 32.7 Å². The van der Waals surface area contributed by atoms with Crippen LogP contribution in [0.3, 0.4) is 0 Å². The minimum atomic E-state index is 0. The molecule has 0 saturated carbocycles. The van der Waals surface area contributed by atoms with E-state index in [0.29, 0.717) is 0 Å². The van der Waals surface area contributed by atoms with Crippen LogP contribution in [0.2, 0.25) is 0 Å². The largest absolute Gasteiger partial charge is 0.687 e. The standard InChI is InChI=1S/C16H13N.C14H13N.Y/c1-17-15-9-5-4-8-13(15)14-10-11-6-2-3-7-12(11)16(14)17;1-15-14-10-6-5-9-13(14)11-12-7-3-2-4-8-12;/h2-9H,10H2,1H3;2-7,9-10H,11H2,1H3;/q;-2;. The summed E-state index contributed by atoms with van der Waals surface area (Å²) in [6, 6.07) is 36.9. The number of hydrogen-bond acceptors (Lipinski definition) is 0. The fourth-order valence-electron chi connectivity index (χ4n) is 4.71. The van der Waals surface area contributed by atoms with Crippen LogP contribution < -0.4 is 0 Å². The van der Waals surface area contributed by atoms with Crippen LogP contribution >= 0.6 is 0 Å². The van der Waals surface area contributed by atoms with Crippen molar-refractivity contribution in [3.63, 3.8) is 0 Å². The second-order valence-electron chi connectivity index (χ2n) is 8.15. The van der Waals surface area contributed by atoms with E-state index in [0.717, 1.165) is 18.5 Å². The fraction of sp³-hybridized carbons (Fsp3) is 0.133. The maximum atomic E-state index is 4.25. The predicted molar refractivity (Wildman–Crippen MR) is 135 cm³/mol. The first-order chi connectivity index (χ1) is 15.8. The second-order valence-corrected chi connectivity index (χ2v) is 8.15. The third kappa shape index (κ3) is 4.69. The fourth-order valence-corrected chi connectivity index (χ4v) is 4.71. The average Bonchev–Trinajstić information content (AvgIpc) is 3.36. The summed E-state index contributed by atoms with van der Waals surface area (Å²) in [6.45, 7) is 0. The van der Waals surface area contributed by atoms with Crippen molar-refractivity contribution >= 4 is 16.6 Å².